The molecule has 4 aromatic rings. The SMILES string of the molecule is CCCCN(P(c1ccoc1)c1ccoc1)P1[C@@H](c2ccccc2)CC[C@@H]1c1ccccc1. The van der Waals surface area contributed by atoms with E-state index in [-0.39, 0.29) is 0 Å². The Labute approximate surface area is 199 Å². The van der Waals surface area contributed by atoms with Crippen LogP contribution in [0, 0.1) is 0 Å². The molecule has 0 amide bonds. The van der Waals surface area contributed by atoms with Gasteiger partial charge in [0.25, 0.3) is 0 Å². The zero-order valence-corrected chi connectivity index (χ0v) is 20.9. The highest BCUT2D eigenvalue weighted by Gasteiger charge is 2.44. The fourth-order valence-corrected chi connectivity index (χ4v) is 12.2. The lowest BCUT2D eigenvalue weighted by Crippen LogP contribution is -2.26. The molecule has 0 aliphatic carbocycles. The second kappa shape index (κ2) is 10.8. The van der Waals surface area contributed by atoms with Crippen molar-refractivity contribution in [2.75, 3.05) is 6.54 Å². The van der Waals surface area contributed by atoms with Crippen molar-refractivity contribution in [1.82, 2.24) is 4.44 Å². The number of furan rings is 2. The molecule has 1 fully saturated rings. The predicted molar refractivity (Wildman–Crippen MR) is 140 cm³/mol. The minimum Gasteiger partial charge on any atom is -0.472 e. The Balaban J connectivity index is 1.63. The van der Waals surface area contributed by atoms with Crippen LogP contribution in [0.25, 0.3) is 0 Å². The van der Waals surface area contributed by atoms with Gasteiger partial charge in [0.05, 0.1) is 25.1 Å². The third-order valence-corrected chi connectivity index (χ3v) is 12.9. The zero-order valence-electron chi connectivity index (χ0n) is 19.1. The Morgan fingerprint density at radius 1 is 0.788 bits per heavy atom. The van der Waals surface area contributed by atoms with Crippen molar-refractivity contribution in [2.24, 2.45) is 0 Å². The van der Waals surface area contributed by atoms with Crippen LogP contribution >= 0.6 is 16.1 Å². The van der Waals surface area contributed by atoms with E-state index < -0.39 is 16.1 Å². The molecular formula is C28H31NO2P2. The van der Waals surface area contributed by atoms with Crippen molar-refractivity contribution in [3.63, 3.8) is 0 Å². The molecule has 5 rings (SSSR count). The maximum atomic E-state index is 5.60. The first-order valence-electron chi connectivity index (χ1n) is 11.9. The average molecular weight is 476 g/mol. The zero-order chi connectivity index (χ0) is 22.5. The van der Waals surface area contributed by atoms with Crippen LogP contribution in [0.5, 0.6) is 0 Å². The summed E-state index contributed by atoms with van der Waals surface area (Å²) in [5, 5.41) is 2.55. The molecule has 0 spiro atoms. The summed E-state index contributed by atoms with van der Waals surface area (Å²) in [5.41, 5.74) is 4.09. The van der Waals surface area contributed by atoms with Crippen molar-refractivity contribution in [2.45, 2.75) is 43.9 Å². The Hall–Kier alpha value is -2.18. The maximum absolute atomic E-state index is 5.60. The Morgan fingerprint density at radius 3 is 1.73 bits per heavy atom. The minimum atomic E-state index is -0.722. The number of benzene rings is 2. The molecule has 3 nitrogen and oxygen atoms in total. The van der Waals surface area contributed by atoms with Crippen LogP contribution in [0.3, 0.4) is 0 Å². The van der Waals surface area contributed by atoms with Gasteiger partial charge in [0.15, 0.2) is 0 Å². The van der Waals surface area contributed by atoms with Gasteiger partial charge in [-0.25, -0.2) is 0 Å². The van der Waals surface area contributed by atoms with Gasteiger partial charge < -0.3 is 8.83 Å². The molecule has 1 aliphatic heterocycles. The molecule has 0 N–H and O–H groups in total. The summed E-state index contributed by atoms with van der Waals surface area (Å²) in [6.07, 6.45) is 12.4. The summed E-state index contributed by atoms with van der Waals surface area (Å²) in [6, 6.07) is 26.7. The second-order valence-corrected chi connectivity index (χ2v) is 13.5. The highest BCUT2D eigenvalue weighted by molar-refractivity contribution is 7.79. The molecule has 0 bridgehead atoms. The van der Waals surface area contributed by atoms with Crippen LogP contribution in [0.1, 0.15) is 55.1 Å². The topological polar surface area (TPSA) is 29.5 Å². The van der Waals surface area contributed by atoms with E-state index in [2.05, 4.69) is 84.2 Å². The van der Waals surface area contributed by atoms with Gasteiger partial charge in [-0.05, 0) is 50.6 Å². The Bertz CT molecular complexity index is 1000. The first kappa shape index (κ1) is 22.6. The van der Waals surface area contributed by atoms with Gasteiger partial charge in [0.1, 0.15) is 0 Å². The van der Waals surface area contributed by atoms with E-state index in [1.54, 1.807) is 0 Å². The maximum Gasteiger partial charge on any atom is 0.0995 e. The van der Waals surface area contributed by atoms with Crippen LogP contribution in [0.15, 0.2) is 107 Å². The Morgan fingerprint density at radius 2 is 1.30 bits per heavy atom. The summed E-state index contributed by atoms with van der Waals surface area (Å²) in [5.74, 6) is 0. The second-order valence-electron chi connectivity index (χ2n) is 8.53. The van der Waals surface area contributed by atoms with E-state index in [9.17, 15) is 0 Å². The van der Waals surface area contributed by atoms with Gasteiger partial charge in [-0.3, -0.25) is 4.44 Å². The first-order chi connectivity index (χ1) is 16.4. The lowest BCUT2D eigenvalue weighted by atomic mass is 10.0. The summed E-state index contributed by atoms with van der Waals surface area (Å²) in [7, 11) is -1.19. The van der Waals surface area contributed by atoms with Crippen molar-refractivity contribution < 1.29 is 8.83 Å². The van der Waals surface area contributed by atoms with Crippen molar-refractivity contribution >= 4 is 26.8 Å². The van der Waals surface area contributed by atoms with E-state index in [0.29, 0.717) is 11.3 Å². The monoisotopic (exact) mass is 475 g/mol. The smallest absolute Gasteiger partial charge is 0.0995 e. The van der Waals surface area contributed by atoms with Gasteiger partial charge in [0.2, 0.25) is 0 Å². The number of rotatable bonds is 9. The number of nitrogens with zero attached hydrogens (tertiary/aromatic N) is 1. The molecule has 0 unspecified atom stereocenters. The van der Waals surface area contributed by atoms with E-state index in [4.69, 9.17) is 8.83 Å². The summed E-state index contributed by atoms with van der Waals surface area (Å²) in [6.45, 7) is 3.39. The summed E-state index contributed by atoms with van der Waals surface area (Å²) < 4.78 is 14.1. The van der Waals surface area contributed by atoms with Crippen molar-refractivity contribution in [3.8, 4) is 0 Å². The highest BCUT2D eigenvalue weighted by Crippen LogP contribution is 2.76. The largest absolute Gasteiger partial charge is 0.472 e. The molecule has 170 valence electrons. The third kappa shape index (κ3) is 4.87. The molecule has 2 atom stereocenters. The lowest BCUT2D eigenvalue weighted by molar-refractivity contribution is 0.568. The molecule has 1 aliphatic rings. The van der Waals surface area contributed by atoms with E-state index in [1.807, 2.05) is 25.1 Å². The number of hydrogen-bond donors (Lipinski definition) is 0. The number of unbranched alkanes of at least 4 members (excludes halogenated alkanes) is 1. The van der Waals surface area contributed by atoms with E-state index in [0.717, 1.165) is 6.54 Å². The van der Waals surface area contributed by atoms with E-state index >= 15 is 0 Å². The molecule has 1 saturated heterocycles. The van der Waals surface area contributed by atoms with Gasteiger partial charge in [0, 0.05) is 36.5 Å². The van der Waals surface area contributed by atoms with Crippen LogP contribution < -0.4 is 10.6 Å². The van der Waals surface area contributed by atoms with Gasteiger partial charge >= 0.3 is 0 Å². The molecule has 0 radical (unpaired) electrons. The van der Waals surface area contributed by atoms with Crippen LogP contribution in [0.4, 0.5) is 0 Å². The molecule has 2 aromatic carbocycles. The summed E-state index contributed by atoms with van der Waals surface area (Å²) in [4.78, 5) is 0. The molecule has 5 heteroatoms. The molecule has 3 heterocycles. The molecule has 2 aromatic heterocycles. The van der Waals surface area contributed by atoms with Crippen LogP contribution in [0.2, 0.25) is 0 Å². The summed E-state index contributed by atoms with van der Waals surface area (Å²) >= 11 is 0. The van der Waals surface area contributed by atoms with E-state index in [1.165, 1.54) is 47.4 Å². The molecular weight excluding hydrogens is 444 g/mol. The molecule has 0 saturated carbocycles. The van der Waals surface area contributed by atoms with Gasteiger partial charge in [-0.1, -0.05) is 74.0 Å². The standard InChI is InChI=1S/C28H31NO2P2/c1-2-3-18-29(32(25-16-19-30-21-25)26-17-20-31-22-26)33-27(23-10-6-4-7-11-23)14-15-28(33)24-12-8-5-9-13-24/h4-13,16-17,19-22,27-28H,2-3,14-15,18H2,1H3/t27-,28-/m1/s1. The van der Waals surface area contributed by atoms with Gasteiger partial charge in [-0.15, -0.1) is 0 Å². The predicted octanol–water partition coefficient (Wildman–Crippen LogP) is 8.00. The fraction of sp³-hybridized carbons (Fsp3) is 0.286. The minimum absolute atomic E-state index is 0.470. The lowest BCUT2D eigenvalue weighted by Gasteiger charge is -2.41. The first-order valence-corrected chi connectivity index (χ1v) is 14.6. The third-order valence-electron chi connectivity index (χ3n) is 6.43. The van der Waals surface area contributed by atoms with Crippen molar-refractivity contribution in [1.29, 1.82) is 0 Å². The normalized spacial score (nSPS) is 19.0. The average Bonchev–Trinajstić information content (AvgIpc) is 3.65. The molecule has 33 heavy (non-hydrogen) atoms. The van der Waals surface area contributed by atoms with Crippen LogP contribution in [-0.4, -0.2) is 11.0 Å². The Kier molecular flexibility index (Phi) is 7.42. The highest BCUT2D eigenvalue weighted by atomic mass is 31.2. The van der Waals surface area contributed by atoms with Crippen molar-refractivity contribution in [3.05, 3.63) is 109 Å². The fourth-order valence-electron chi connectivity index (χ4n) is 4.90. The quantitative estimate of drug-likeness (QED) is 0.230. The van der Waals surface area contributed by atoms with Crippen LogP contribution in [-0.2, 0) is 0 Å². The van der Waals surface area contributed by atoms with Gasteiger partial charge in [-0.2, -0.15) is 0 Å². The number of hydrogen-bond acceptors (Lipinski definition) is 3.